The molecular weight excluding hydrogens is 405 g/mol. The second-order valence-electron chi connectivity index (χ2n) is 8.12. The highest BCUT2D eigenvalue weighted by atomic mass is 19.1. The molecule has 0 saturated carbocycles. The Balaban J connectivity index is 1.40. The number of benzene rings is 2. The van der Waals surface area contributed by atoms with Crippen LogP contribution >= 0.6 is 0 Å². The average Bonchev–Trinajstić information content (AvgIpc) is 3.19. The Labute approximate surface area is 186 Å². The van der Waals surface area contributed by atoms with E-state index in [4.69, 9.17) is 4.42 Å². The van der Waals surface area contributed by atoms with Gasteiger partial charge in [-0.15, -0.1) is 0 Å². The van der Waals surface area contributed by atoms with Crippen LogP contribution in [0.5, 0.6) is 0 Å². The lowest BCUT2D eigenvalue weighted by Crippen LogP contribution is -2.41. The van der Waals surface area contributed by atoms with Crippen molar-refractivity contribution in [1.29, 1.82) is 0 Å². The van der Waals surface area contributed by atoms with Gasteiger partial charge in [0.1, 0.15) is 18.1 Å². The first-order chi connectivity index (χ1) is 15.6. The number of oxazole rings is 1. The predicted molar refractivity (Wildman–Crippen MR) is 120 cm³/mol. The lowest BCUT2D eigenvalue weighted by atomic mass is 9.98. The molecule has 0 saturated heterocycles. The molecule has 2 aliphatic rings. The van der Waals surface area contributed by atoms with Crippen LogP contribution in [0.4, 0.5) is 4.39 Å². The molecule has 0 N–H and O–H groups in total. The Kier molecular flexibility index (Phi) is 5.35. The number of hydrogen-bond donors (Lipinski definition) is 0. The van der Waals surface area contributed by atoms with E-state index in [1.54, 1.807) is 12.1 Å². The summed E-state index contributed by atoms with van der Waals surface area (Å²) in [5.74, 6) is 1.19. The molecule has 0 bridgehead atoms. The number of fused-ring (bicyclic) bond motifs is 1. The smallest absolute Gasteiger partial charge is 0.242 e. The minimum absolute atomic E-state index is 0.0307. The fraction of sp³-hybridized carbons (Fsp3) is 0.231. The van der Waals surface area contributed by atoms with Crippen LogP contribution in [0, 0.1) is 12.7 Å². The van der Waals surface area contributed by atoms with Gasteiger partial charge in [-0.2, -0.15) is 0 Å². The Bertz CT molecular complexity index is 1200. The number of aromatic nitrogens is 1. The first-order valence-corrected chi connectivity index (χ1v) is 10.8. The molecule has 3 aromatic rings. The molecule has 5 nitrogen and oxygen atoms in total. The van der Waals surface area contributed by atoms with Crippen molar-refractivity contribution in [3.63, 3.8) is 0 Å². The van der Waals surface area contributed by atoms with Crippen molar-refractivity contribution >= 4 is 17.2 Å². The van der Waals surface area contributed by atoms with Crippen molar-refractivity contribution < 1.29 is 13.6 Å². The number of carbonyl (C=O) groups is 1. The van der Waals surface area contributed by atoms with Crippen LogP contribution in [0.1, 0.15) is 34.9 Å². The lowest BCUT2D eigenvalue weighted by Gasteiger charge is -2.32. The quantitative estimate of drug-likeness (QED) is 0.598. The highest BCUT2D eigenvalue weighted by molar-refractivity contribution is 5.83. The number of aryl methyl sites for hydroxylation is 1. The summed E-state index contributed by atoms with van der Waals surface area (Å²) in [6.07, 6.45) is 5.57. The molecule has 2 aromatic carbocycles. The number of rotatable bonds is 4. The molecule has 1 amide bonds. The molecule has 0 spiro atoms. The third-order valence-electron chi connectivity index (χ3n) is 5.92. The topological polar surface area (TPSA) is 49.6 Å². The third kappa shape index (κ3) is 4.08. The fourth-order valence-electron chi connectivity index (χ4n) is 4.30. The van der Waals surface area contributed by atoms with Crippen LogP contribution in [-0.4, -0.2) is 33.8 Å². The van der Waals surface area contributed by atoms with Crippen molar-refractivity contribution in [2.75, 3.05) is 13.1 Å². The maximum Gasteiger partial charge on any atom is 0.242 e. The van der Waals surface area contributed by atoms with Crippen LogP contribution in [0.25, 0.3) is 11.3 Å². The van der Waals surface area contributed by atoms with E-state index >= 15 is 0 Å². The van der Waals surface area contributed by atoms with Gasteiger partial charge >= 0.3 is 0 Å². The molecule has 5 rings (SSSR count). The number of nitrogens with zero attached hydrogens (tertiary/aromatic N) is 3. The van der Waals surface area contributed by atoms with Gasteiger partial charge in [-0.25, -0.2) is 9.37 Å². The van der Waals surface area contributed by atoms with E-state index in [0.29, 0.717) is 31.8 Å². The standard InChI is InChI=1S/C26H24FN3O2/c1-18-28-23-13-14-29(16-25(23)32-18)26(31)17-30-15-21(19-7-10-22(27)11-8-19)9-12-24(30)20-5-3-2-4-6-20/h2-8,10-12,15H,9,13-14,16-17H2,1H3. The van der Waals surface area contributed by atoms with Gasteiger partial charge in [-0.3, -0.25) is 4.79 Å². The minimum Gasteiger partial charge on any atom is -0.444 e. The van der Waals surface area contributed by atoms with Crippen LogP contribution in [0.3, 0.4) is 0 Å². The number of allylic oxidation sites excluding steroid dienone is 2. The average molecular weight is 429 g/mol. The Morgan fingerprint density at radius 1 is 1.09 bits per heavy atom. The maximum absolute atomic E-state index is 13.4. The zero-order chi connectivity index (χ0) is 22.1. The number of hydrogen-bond acceptors (Lipinski definition) is 4. The third-order valence-corrected chi connectivity index (χ3v) is 5.92. The molecule has 0 aliphatic carbocycles. The lowest BCUT2D eigenvalue weighted by molar-refractivity contribution is -0.132. The molecular formula is C26H24FN3O2. The van der Waals surface area contributed by atoms with Crippen molar-refractivity contribution in [3.05, 3.63) is 101 Å². The zero-order valence-electron chi connectivity index (χ0n) is 17.9. The molecule has 6 heteroatoms. The summed E-state index contributed by atoms with van der Waals surface area (Å²) in [6.45, 7) is 3.12. The van der Waals surface area contributed by atoms with Crippen molar-refractivity contribution in [3.8, 4) is 0 Å². The Morgan fingerprint density at radius 2 is 1.88 bits per heavy atom. The van der Waals surface area contributed by atoms with Crippen LogP contribution < -0.4 is 0 Å². The SMILES string of the molecule is Cc1nc2c(o1)CN(C(=O)CN1C=C(c3ccc(F)cc3)CC=C1c1ccccc1)CC2. The van der Waals surface area contributed by atoms with Gasteiger partial charge in [-0.05, 0) is 35.3 Å². The first-order valence-electron chi connectivity index (χ1n) is 10.8. The summed E-state index contributed by atoms with van der Waals surface area (Å²) in [5, 5.41) is 0. The predicted octanol–water partition coefficient (Wildman–Crippen LogP) is 4.79. The van der Waals surface area contributed by atoms with Crippen LogP contribution in [0.15, 0.2) is 71.3 Å². The fourth-order valence-corrected chi connectivity index (χ4v) is 4.30. The molecule has 0 fully saturated rings. The van der Waals surface area contributed by atoms with Gasteiger partial charge in [0.2, 0.25) is 5.91 Å². The normalized spacial score (nSPS) is 15.8. The number of carbonyl (C=O) groups excluding carboxylic acids is 1. The van der Waals surface area contributed by atoms with Crippen LogP contribution in [-0.2, 0) is 17.8 Å². The molecule has 1 aromatic heterocycles. The Morgan fingerprint density at radius 3 is 2.66 bits per heavy atom. The summed E-state index contributed by atoms with van der Waals surface area (Å²) >= 11 is 0. The van der Waals surface area contributed by atoms with E-state index in [2.05, 4.69) is 11.1 Å². The van der Waals surface area contributed by atoms with Crippen molar-refractivity contribution in [1.82, 2.24) is 14.8 Å². The highest BCUT2D eigenvalue weighted by Gasteiger charge is 2.27. The molecule has 0 unspecified atom stereocenters. The van der Waals surface area contributed by atoms with E-state index in [1.807, 2.05) is 53.3 Å². The van der Waals surface area contributed by atoms with Gasteiger partial charge in [0, 0.05) is 31.8 Å². The van der Waals surface area contributed by atoms with Gasteiger partial charge in [-0.1, -0.05) is 48.5 Å². The molecule has 32 heavy (non-hydrogen) atoms. The van der Waals surface area contributed by atoms with E-state index in [1.165, 1.54) is 12.1 Å². The first kappa shape index (κ1) is 20.2. The van der Waals surface area contributed by atoms with Crippen molar-refractivity contribution in [2.24, 2.45) is 0 Å². The summed E-state index contributed by atoms with van der Waals surface area (Å²) in [5.41, 5.74) is 5.00. The van der Waals surface area contributed by atoms with Crippen molar-refractivity contribution in [2.45, 2.75) is 26.3 Å². The second kappa shape index (κ2) is 8.46. The van der Waals surface area contributed by atoms with E-state index in [0.717, 1.165) is 33.9 Å². The maximum atomic E-state index is 13.4. The van der Waals surface area contributed by atoms with E-state index in [9.17, 15) is 9.18 Å². The summed E-state index contributed by atoms with van der Waals surface area (Å²) < 4.78 is 19.1. The largest absolute Gasteiger partial charge is 0.444 e. The van der Waals surface area contributed by atoms with Gasteiger partial charge in [0.25, 0.3) is 0 Å². The van der Waals surface area contributed by atoms with Gasteiger partial charge < -0.3 is 14.2 Å². The summed E-state index contributed by atoms with van der Waals surface area (Å²) in [6, 6.07) is 16.5. The monoisotopic (exact) mass is 429 g/mol. The molecule has 162 valence electrons. The molecule has 0 radical (unpaired) electrons. The highest BCUT2D eigenvalue weighted by Crippen LogP contribution is 2.32. The second-order valence-corrected chi connectivity index (χ2v) is 8.12. The van der Waals surface area contributed by atoms with Crippen LogP contribution in [0.2, 0.25) is 0 Å². The molecule has 2 aliphatic heterocycles. The van der Waals surface area contributed by atoms with Gasteiger partial charge in [0.05, 0.1) is 12.2 Å². The summed E-state index contributed by atoms with van der Waals surface area (Å²) in [4.78, 5) is 21.5. The number of amides is 1. The van der Waals surface area contributed by atoms with E-state index < -0.39 is 0 Å². The van der Waals surface area contributed by atoms with E-state index in [-0.39, 0.29) is 18.3 Å². The van der Waals surface area contributed by atoms with Gasteiger partial charge in [0.15, 0.2) is 5.89 Å². The molecule has 0 atom stereocenters. The summed E-state index contributed by atoms with van der Waals surface area (Å²) in [7, 11) is 0. The number of halogens is 1. The minimum atomic E-state index is -0.259. The Hall–Kier alpha value is -3.67. The molecule has 3 heterocycles. The zero-order valence-corrected chi connectivity index (χ0v) is 17.9.